The molecule has 0 spiro atoms. The molecule has 1 aliphatic heterocycles. The maximum Gasteiger partial charge on any atom is 0.137 e. The zero-order chi connectivity index (χ0) is 12.7. The van der Waals surface area contributed by atoms with Gasteiger partial charge in [-0.25, -0.2) is 4.39 Å². The van der Waals surface area contributed by atoms with E-state index in [9.17, 15) is 4.39 Å². The molecule has 0 amide bonds. The van der Waals surface area contributed by atoms with Crippen LogP contribution in [-0.4, -0.2) is 23.5 Å². The maximum absolute atomic E-state index is 13.5. The van der Waals surface area contributed by atoms with Crippen molar-refractivity contribution in [3.63, 3.8) is 0 Å². The molecule has 1 aromatic carbocycles. The zero-order valence-corrected chi connectivity index (χ0v) is 12.3. The Bertz CT molecular complexity index is 442. The first-order valence-corrected chi connectivity index (χ1v) is 7.65. The molecule has 3 rings (SSSR count). The lowest BCUT2D eigenvalue weighted by atomic mass is 9.75. The maximum atomic E-state index is 13.5. The smallest absolute Gasteiger partial charge is 0.137 e. The van der Waals surface area contributed by atoms with Gasteiger partial charge in [-0.1, -0.05) is 6.07 Å². The van der Waals surface area contributed by atoms with Crippen LogP contribution in [0.15, 0.2) is 22.7 Å². The topological polar surface area (TPSA) is 3.24 Å². The number of nitrogens with zero attached hydrogens (tertiary/aromatic N) is 1. The van der Waals surface area contributed by atoms with Crippen LogP contribution in [0.25, 0.3) is 0 Å². The van der Waals surface area contributed by atoms with E-state index in [0.29, 0.717) is 10.4 Å². The van der Waals surface area contributed by atoms with Crippen LogP contribution in [0.1, 0.15) is 44.1 Å². The largest absolute Gasteiger partial charge is 0.298 e. The highest BCUT2D eigenvalue weighted by Gasteiger charge is 2.38. The van der Waals surface area contributed by atoms with Crippen LogP contribution in [0.5, 0.6) is 0 Å². The molecule has 0 bridgehead atoms. The van der Waals surface area contributed by atoms with Gasteiger partial charge in [0.1, 0.15) is 5.82 Å². The van der Waals surface area contributed by atoms with Crippen molar-refractivity contribution in [2.75, 3.05) is 6.54 Å². The second-order valence-corrected chi connectivity index (χ2v) is 6.58. The summed E-state index contributed by atoms with van der Waals surface area (Å²) >= 11 is 3.21. The summed E-state index contributed by atoms with van der Waals surface area (Å²) in [5.41, 5.74) is 1.17. The molecule has 1 atom stereocenters. The zero-order valence-electron chi connectivity index (χ0n) is 10.7. The van der Waals surface area contributed by atoms with Crippen LogP contribution in [-0.2, 0) is 0 Å². The Morgan fingerprint density at radius 3 is 2.72 bits per heavy atom. The van der Waals surface area contributed by atoms with E-state index >= 15 is 0 Å². The summed E-state index contributed by atoms with van der Waals surface area (Å²) in [6.07, 6.45) is 5.08. The molecule has 1 heterocycles. The van der Waals surface area contributed by atoms with Gasteiger partial charge in [0.25, 0.3) is 0 Å². The standard InChI is InChI=1S/C15H19BrFN/c1-10-3-2-6-18(10)13-7-12(8-13)11-4-5-14(16)15(17)9-11/h4-5,9-10,12-13H,2-3,6-8H2,1H3/t10-,12-,13-/m1/s1. The van der Waals surface area contributed by atoms with E-state index in [1.165, 1.54) is 37.8 Å². The number of rotatable bonds is 2. The van der Waals surface area contributed by atoms with Gasteiger partial charge in [-0.2, -0.15) is 0 Å². The minimum Gasteiger partial charge on any atom is -0.298 e. The van der Waals surface area contributed by atoms with Gasteiger partial charge >= 0.3 is 0 Å². The van der Waals surface area contributed by atoms with Crippen molar-refractivity contribution in [2.45, 2.75) is 50.6 Å². The van der Waals surface area contributed by atoms with E-state index in [4.69, 9.17) is 0 Å². The Morgan fingerprint density at radius 1 is 1.33 bits per heavy atom. The monoisotopic (exact) mass is 311 g/mol. The lowest BCUT2D eigenvalue weighted by molar-refractivity contribution is 0.103. The average molecular weight is 312 g/mol. The quantitative estimate of drug-likeness (QED) is 0.786. The summed E-state index contributed by atoms with van der Waals surface area (Å²) in [6.45, 7) is 3.59. The number of likely N-dealkylation sites (tertiary alicyclic amines) is 1. The van der Waals surface area contributed by atoms with E-state index in [0.717, 1.165) is 12.1 Å². The minimum atomic E-state index is -0.134. The molecule has 98 valence electrons. The van der Waals surface area contributed by atoms with Crippen molar-refractivity contribution in [3.05, 3.63) is 34.1 Å². The highest BCUT2D eigenvalue weighted by molar-refractivity contribution is 9.10. The fraction of sp³-hybridized carbons (Fsp3) is 0.600. The predicted octanol–water partition coefficient (Wildman–Crippen LogP) is 4.32. The highest BCUT2D eigenvalue weighted by Crippen LogP contribution is 2.42. The first-order valence-electron chi connectivity index (χ1n) is 6.86. The van der Waals surface area contributed by atoms with Crippen molar-refractivity contribution >= 4 is 15.9 Å². The molecule has 1 saturated heterocycles. The third-order valence-electron chi connectivity index (χ3n) is 4.60. The summed E-state index contributed by atoms with van der Waals surface area (Å²) in [5.74, 6) is 0.427. The third kappa shape index (κ3) is 2.23. The van der Waals surface area contributed by atoms with Crippen LogP contribution in [0.4, 0.5) is 4.39 Å². The van der Waals surface area contributed by atoms with Gasteiger partial charge in [0.05, 0.1) is 4.47 Å². The minimum absolute atomic E-state index is 0.134. The van der Waals surface area contributed by atoms with Gasteiger partial charge in [-0.15, -0.1) is 0 Å². The van der Waals surface area contributed by atoms with Gasteiger partial charge in [0.2, 0.25) is 0 Å². The molecule has 1 nitrogen and oxygen atoms in total. The molecule has 0 N–H and O–H groups in total. The predicted molar refractivity (Wildman–Crippen MR) is 75.3 cm³/mol. The molecule has 0 radical (unpaired) electrons. The van der Waals surface area contributed by atoms with Crippen molar-refractivity contribution in [1.29, 1.82) is 0 Å². The lowest BCUT2D eigenvalue weighted by Crippen LogP contribution is -2.45. The van der Waals surface area contributed by atoms with Gasteiger partial charge in [-0.3, -0.25) is 4.90 Å². The SMILES string of the molecule is C[C@@H]1CCCN1[C@H]1C[C@H](c2ccc(Br)c(F)c2)C1. The number of hydrogen-bond acceptors (Lipinski definition) is 1. The molecule has 1 aliphatic carbocycles. The third-order valence-corrected chi connectivity index (χ3v) is 5.24. The second kappa shape index (κ2) is 4.93. The number of benzene rings is 1. The van der Waals surface area contributed by atoms with Crippen LogP contribution >= 0.6 is 15.9 Å². The van der Waals surface area contributed by atoms with Crippen LogP contribution in [0.3, 0.4) is 0 Å². The fourth-order valence-electron chi connectivity index (χ4n) is 3.40. The molecule has 1 saturated carbocycles. The lowest BCUT2D eigenvalue weighted by Gasteiger charge is -2.43. The van der Waals surface area contributed by atoms with E-state index in [1.807, 2.05) is 6.07 Å². The van der Waals surface area contributed by atoms with Crippen LogP contribution in [0, 0.1) is 5.82 Å². The summed E-state index contributed by atoms with van der Waals surface area (Å²) < 4.78 is 14.1. The van der Waals surface area contributed by atoms with Gasteiger partial charge in [0, 0.05) is 12.1 Å². The Morgan fingerprint density at radius 2 is 2.11 bits per heavy atom. The fourth-order valence-corrected chi connectivity index (χ4v) is 3.64. The first-order chi connectivity index (χ1) is 8.65. The van der Waals surface area contributed by atoms with E-state index in [1.54, 1.807) is 6.07 Å². The summed E-state index contributed by atoms with van der Waals surface area (Å²) in [7, 11) is 0. The molecule has 3 heteroatoms. The van der Waals surface area contributed by atoms with Gasteiger partial charge in [0.15, 0.2) is 0 Å². The molecular weight excluding hydrogens is 293 g/mol. The number of halogens is 2. The normalized spacial score (nSPS) is 32.5. The molecule has 1 aromatic rings. The van der Waals surface area contributed by atoms with E-state index in [2.05, 4.69) is 33.8 Å². The molecule has 2 fully saturated rings. The molecule has 0 aromatic heterocycles. The summed E-state index contributed by atoms with van der Waals surface area (Å²) in [6, 6.07) is 7.06. The van der Waals surface area contributed by atoms with E-state index < -0.39 is 0 Å². The van der Waals surface area contributed by atoms with Crippen molar-refractivity contribution in [1.82, 2.24) is 4.90 Å². The van der Waals surface area contributed by atoms with Crippen LogP contribution in [0.2, 0.25) is 0 Å². The Labute approximate surface area is 116 Å². The molecule has 0 unspecified atom stereocenters. The Balaban J connectivity index is 1.63. The Kier molecular flexibility index (Phi) is 3.46. The molecule has 2 aliphatic rings. The van der Waals surface area contributed by atoms with Crippen LogP contribution < -0.4 is 0 Å². The summed E-state index contributed by atoms with van der Waals surface area (Å²) in [4.78, 5) is 2.64. The van der Waals surface area contributed by atoms with E-state index in [-0.39, 0.29) is 5.82 Å². The first kappa shape index (κ1) is 12.6. The van der Waals surface area contributed by atoms with Gasteiger partial charge < -0.3 is 0 Å². The average Bonchev–Trinajstić information content (AvgIpc) is 2.68. The van der Waals surface area contributed by atoms with Crippen molar-refractivity contribution in [2.24, 2.45) is 0 Å². The Hall–Kier alpha value is -0.410. The molecule has 18 heavy (non-hydrogen) atoms. The highest BCUT2D eigenvalue weighted by atomic mass is 79.9. The number of hydrogen-bond donors (Lipinski definition) is 0. The summed E-state index contributed by atoms with van der Waals surface area (Å²) in [5, 5.41) is 0. The van der Waals surface area contributed by atoms with Crippen molar-refractivity contribution < 1.29 is 4.39 Å². The second-order valence-electron chi connectivity index (χ2n) is 5.72. The van der Waals surface area contributed by atoms with Crippen molar-refractivity contribution in [3.8, 4) is 0 Å². The molecular formula is C15H19BrFN. The van der Waals surface area contributed by atoms with Gasteiger partial charge in [-0.05, 0) is 78.7 Å².